The van der Waals surface area contributed by atoms with Crippen molar-refractivity contribution >= 4 is 34.2 Å². The highest BCUT2D eigenvalue weighted by atomic mass is 32.1. The molecule has 0 saturated carbocycles. The molecule has 0 aliphatic rings. The Bertz CT molecular complexity index is 655. The van der Waals surface area contributed by atoms with Crippen LogP contribution in [0.2, 0.25) is 0 Å². The highest BCUT2D eigenvalue weighted by molar-refractivity contribution is 7.80. The van der Waals surface area contributed by atoms with Crippen molar-refractivity contribution < 1.29 is 8.78 Å². The molecule has 0 bridgehead atoms. The molecule has 1 aromatic carbocycles. The molecule has 1 aromatic heterocycles. The zero-order chi connectivity index (χ0) is 14.9. The number of rotatable bonds is 4. The van der Waals surface area contributed by atoms with Gasteiger partial charge in [-0.05, 0) is 26.0 Å². The van der Waals surface area contributed by atoms with E-state index < -0.39 is 11.6 Å². The highest BCUT2D eigenvalue weighted by Gasteiger charge is 2.17. The molecule has 0 amide bonds. The van der Waals surface area contributed by atoms with Gasteiger partial charge in [0.1, 0.15) is 10.00 Å². The summed E-state index contributed by atoms with van der Waals surface area (Å²) < 4.78 is 27.7. The molecule has 1 unspecified atom stereocenters. The molecular formula is C13H13F2N3S2. The summed E-state index contributed by atoms with van der Waals surface area (Å²) in [7, 11) is 0. The number of anilines is 1. The van der Waals surface area contributed by atoms with Gasteiger partial charge in [0.2, 0.25) is 0 Å². The molecular weight excluding hydrogens is 300 g/mol. The maximum absolute atomic E-state index is 13.9. The predicted molar refractivity (Wildman–Crippen MR) is 81.1 cm³/mol. The number of aryl methyl sites for hydroxylation is 1. The number of benzene rings is 1. The number of nitrogens with two attached hydrogens (primary N) is 1. The number of halogens is 2. The third-order valence-corrected chi connectivity index (χ3v) is 4.09. The van der Waals surface area contributed by atoms with Gasteiger partial charge >= 0.3 is 0 Å². The number of nitrogens with zero attached hydrogens (tertiary/aromatic N) is 1. The van der Waals surface area contributed by atoms with E-state index in [2.05, 4.69) is 22.5 Å². The molecule has 106 valence electrons. The van der Waals surface area contributed by atoms with E-state index in [1.165, 1.54) is 23.5 Å². The van der Waals surface area contributed by atoms with E-state index in [9.17, 15) is 8.78 Å². The van der Waals surface area contributed by atoms with Gasteiger partial charge in [0.15, 0.2) is 11.6 Å². The van der Waals surface area contributed by atoms with Crippen molar-refractivity contribution in [1.82, 2.24) is 4.98 Å². The Morgan fingerprint density at radius 3 is 2.65 bits per heavy atom. The summed E-state index contributed by atoms with van der Waals surface area (Å²) in [5.74, 6) is -2.03. The normalized spacial score (nSPS) is 12.2. The van der Waals surface area contributed by atoms with E-state index in [1.807, 2.05) is 19.2 Å². The minimum absolute atomic E-state index is 0.0582. The molecule has 0 fully saturated rings. The summed E-state index contributed by atoms with van der Waals surface area (Å²) in [5.41, 5.74) is 6.18. The molecule has 0 radical (unpaired) electrons. The first-order chi connectivity index (χ1) is 9.40. The summed E-state index contributed by atoms with van der Waals surface area (Å²) in [5, 5.41) is 5.60. The Kier molecular flexibility index (Phi) is 4.29. The third-order valence-electron chi connectivity index (χ3n) is 2.73. The fourth-order valence-electron chi connectivity index (χ4n) is 1.72. The average molecular weight is 313 g/mol. The van der Waals surface area contributed by atoms with Crippen molar-refractivity contribution in [3.63, 3.8) is 0 Å². The fourth-order valence-corrected chi connectivity index (χ4v) is 2.68. The number of thiocarbonyl (C=S) groups is 1. The van der Waals surface area contributed by atoms with Gasteiger partial charge < -0.3 is 11.1 Å². The second-order valence-electron chi connectivity index (χ2n) is 4.35. The summed E-state index contributed by atoms with van der Waals surface area (Å²) in [6.07, 6.45) is 0. The van der Waals surface area contributed by atoms with Gasteiger partial charge in [0.25, 0.3) is 0 Å². The standard InChI is InChI=1S/C13H13F2N3S2/c1-6-5-20-13(17-6)7(2)18-9-4-3-8(12(16)19)10(14)11(9)15/h3-5,7,18H,1-2H3,(H2,16,19). The SMILES string of the molecule is Cc1csc(C(C)Nc2ccc(C(N)=S)c(F)c2F)n1. The Morgan fingerprint density at radius 2 is 2.10 bits per heavy atom. The van der Waals surface area contributed by atoms with Gasteiger partial charge in [0, 0.05) is 16.6 Å². The molecule has 0 spiro atoms. The molecule has 7 heteroatoms. The lowest BCUT2D eigenvalue weighted by atomic mass is 10.1. The lowest BCUT2D eigenvalue weighted by molar-refractivity contribution is 0.508. The maximum atomic E-state index is 13.9. The molecule has 20 heavy (non-hydrogen) atoms. The Morgan fingerprint density at radius 1 is 1.40 bits per heavy atom. The summed E-state index contributed by atoms with van der Waals surface area (Å²) in [6.45, 7) is 3.71. The number of nitrogens with one attached hydrogen (secondary N) is 1. The van der Waals surface area contributed by atoms with Crippen LogP contribution >= 0.6 is 23.6 Å². The van der Waals surface area contributed by atoms with Gasteiger partial charge in [0.05, 0.1) is 11.7 Å². The first-order valence-electron chi connectivity index (χ1n) is 5.86. The summed E-state index contributed by atoms with van der Waals surface area (Å²) >= 11 is 6.13. The molecule has 2 rings (SSSR count). The van der Waals surface area contributed by atoms with E-state index in [1.54, 1.807) is 0 Å². The largest absolute Gasteiger partial charge is 0.389 e. The van der Waals surface area contributed by atoms with Crippen molar-refractivity contribution in [3.8, 4) is 0 Å². The van der Waals surface area contributed by atoms with Crippen molar-refractivity contribution in [2.24, 2.45) is 5.73 Å². The number of aromatic nitrogens is 1. The molecule has 3 nitrogen and oxygen atoms in total. The van der Waals surface area contributed by atoms with Crippen LogP contribution in [0.5, 0.6) is 0 Å². The van der Waals surface area contributed by atoms with E-state index in [-0.39, 0.29) is 22.3 Å². The quantitative estimate of drug-likeness (QED) is 0.848. The van der Waals surface area contributed by atoms with Crippen molar-refractivity contribution in [3.05, 3.63) is 45.4 Å². The smallest absolute Gasteiger partial charge is 0.182 e. The van der Waals surface area contributed by atoms with Crippen LogP contribution in [0.15, 0.2) is 17.5 Å². The van der Waals surface area contributed by atoms with Crippen molar-refractivity contribution in [2.45, 2.75) is 19.9 Å². The number of hydrogen-bond donors (Lipinski definition) is 2. The van der Waals surface area contributed by atoms with E-state index in [0.29, 0.717) is 0 Å². The number of thiazole rings is 1. The molecule has 1 atom stereocenters. The van der Waals surface area contributed by atoms with Gasteiger partial charge in [-0.2, -0.15) is 0 Å². The molecule has 0 aliphatic carbocycles. The first-order valence-corrected chi connectivity index (χ1v) is 7.15. The van der Waals surface area contributed by atoms with E-state index in [0.717, 1.165) is 10.7 Å². The lowest BCUT2D eigenvalue weighted by Crippen LogP contribution is -2.15. The van der Waals surface area contributed by atoms with Gasteiger partial charge in [-0.15, -0.1) is 11.3 Å². The topological polar surface area (TPSA) is 50.9 Å². The van der Waals surface area contributed by atoms with Crippen LogP contribution < -0.4 is 11.1 Å². The second kappa shape index (κ2) is 5.80. The number of hydrogen-bond acceptors (Lipinski definition) is 4. The molecule has 0 saturated heterocycles. The first kappa shape index (κ1) is 14.8. The van der Waals surface area contributed by atoms with E-state index >= 15 is 0 Å². The van der Waals surface area contributed by atoms with E-state index in [4.69, 9.17) is 5.73 Å². The Balaban J connectivity index is 2.26. The van der Waals surface area contributed by atoms with Crippen molar-refractivity contribution in [2.75, 3.05) is 5.32 Å². The molecule has 3 N–H and O–H groups in total. The van der Waals surface area contributed by atoms with Gasteiger partial charge in [-0.3, -0.25) is 0 Å². The van der Waals surface area contributed by atoms with Crippen LogP contribution in [0.3, 0.4) is 0 Å². The fraction of sp³-hybridized carbons (Fsp3) is 0.231. The second-order valence-corrected chi connectivity index (χ2v) is 5.68. The van der Waals surface area contributed by atoms with Crippen LogP contribution in [-0.4, -0.2) is 9.97 Å². The summed E-state index contributed by atoms with van der Waals surface area (Å²) in [6, 6.07) is 2.56. The third kappa shape index (κ3) is 2.94. The zero-order valence-electron chi connectivity index (χ0n) is 10.9. The van der Waals surface area contributed by atoms with Gasteiger partial charge in [-0.25, -0.2) is 13.8 Å². The maximum Gasteiger partial charge on any atom is 0.182 e. The van der Waals surface area contributed by atoms with Crippen LogP contribution in [0.1, 0.15) is 29.2 Å². The zero-order valence-corrected chi connectivity index (χ0v) is 12.5. The average Bonchev–Trinajstić information content (AvgIpc) is 2.81. The Hall–Kier alpha value is -1.60. The minimum Gasteiger partial charge on any atom is -0.389 e. The monoisotopic (exact) mass is 313 g/mol. The molecule has 0 aliphatic heterocycles. The molecule has 1 heterocycles. The highest BCUT2D eigenvalue weighted by Crippen LogP contribution is 2.26. The summed E-state index contributed by atoms with van der Waals surface area (Å²) in [4.78, 5) is 4.13. The minimum atomic E-state index is -1.04. The van der Waals surface area contributed by atoms with Crippen LogP contribution in [0, 0.1) is 18.6 Å². The van der Waals surface area contributed by atoms with Crippen LogP contribution in [0.4, 0.5) is 14.5 Å². The Labute approximate surface area is 124 Å². The van der Waals surface area contributed by atoms with Gasteiger partial charge in [-0.1, -0.05) is 12.2 Å². The molecule has 2 aromatic rings. The van der Waals surface area contributed by atoms with Crippen LogP contribution in [0.25, 0.3) is 0 Å². The predicted octanol–water partition coefficient (Wildman–Crippen LogP) is 3.54. The van der Waals surface area contributed by atoms with Crippen molar-refractivity contribution in [1.29, 1.82) is 0 Å². The lowest BCUT2D eigenvalue weighted by Gasteiger charge is -2.14. The van der Waals surface area contributed by atoms with Crippen LogP contribution in [-0.2, 0) is 0 Å².